The molecule has 0 amide bonds. The highest BCUT2D eigenvalue weighted by atomic mass is 16.7. The van der Waals surface area contributed by atoms with E-state index in [0.717, 1.165) is 13.0 Å². The molecule has 1 fully saturated rings. The summed E-state index contributed by atoms with van der Waals surface area (Å²) in [6.07, 6.45) is 20.3. The summed E-state index contributed by atoms with van der Waals surface area (Å²) in [6.45, 7) is 4.35. The first kappa shape index (κ1) is 22.9. The zero-order valence-electron chi connectivity index (χ0n) is 17.4. The second-order valence-corrected chi connectivity index (χ2v) is 8.12. The highest BCUT2D eigenvalue weighted by Gasteiger charge is 2.25. The smallest absolute Gasteiger partial charge is 0.158 e. The SMILES string of the molecule is CCCCCCCCCCCCOC1CCC(CCCCN(C)C)O1. The van der Waals surface area contributed by atoms with E-state index in [-0.39, 0.29) is 6.29 Å². The minimum Gasteiger partial charge on any atom is -0.353 e. The van der Waals surface area contributed by atoms with Crippen LogP contribution in [0.25, 0.3) is 0 Å². The molecule has 1 aliphatic heterocycles. The summed E-state index contributed by atoms with van der Waals surface area (Å²) in [5, 5.41) is 0. The highest BCUT2D eigenvalue weighted by molar-refractivity contribution is 4.68. The molecule has 0 spiro atoms. The van der Waals surface area contributed by atoms with Crippen molar-refractivity contribution >= 4 is 0 Å². The van der Waals surface area contributed by atoms with E-state index in [1.807, 2.05) is 0 Å². The van der Waals surface area contributed by atoms with E-state index in [2.05, 4.69) is 25.9 Å². The van der Waals surface area contributed by atoms with Gasteiger partial charge in [0.2, 0.25) is 0 Å². The molecule has 150 valence electrons. The average Bonchev–Trinajstić information content (AvgIpc) is 3.04. The predicted molar refractivity (Wildman–Crippen MR) is 108 cm³/mol. The van der Waals surface area contributed by atoms with Crippen LogP contribution in [0.5, 0.6) is 0 Å². The van der Waals surface area contributed by atoms with Gasteiger partial charge in [0.15, 0.2) is 6.29 Å². The minimum absolute atomic E-state index is 0.0809. The number of hydrogen-bond acceptors (Lipinski definition) is 3. The van der Waals surface area contributed by atoms with E-state index in [1.54, 1.807) is 0 Å². The average molecular weight is 356 g/mol. The maximum atomic E-state index is 6.02. The Morgan fingerprint density at radius 2 is 1.44 bits per heavy atom. The minimum atomic E-state index is 0.0809. The summed E-state index contributed by atoms with van der Waals surface area (Å²) >= 11 is 0. The van der Waals surface area contributed by atoms with Gasteiger partial charge in [0, 0.05) is 13.0 Å². The van der Waals surface area contributed by atoms with Crippen LogP contribution in [0.1, 0.15) is 103 Å². The molecule has 25 heavy (non-hydrogen) atoms. The molecule has 0 aromatic carbocycles. The van der Waals surface area contributed by atoms with Gasteiger partial charge in [-0.2, -0.15) is 0 Å². The van der Waals surface area contributed by atoms with Gasteiger partial charge in [0.05, 0.1) is 6.10 Å². The van der Waals surface area contributed by atoms with Crippen molar-refractivity contribution in [2.24, 2.45) is 0 Å². The van der Waals surface area contributed by atoms with Crippen molar-refractivity contribution < 1.29 is 9.47 Å². The number of nitrogens with zero attached hydrogens (tertiary/aromatic N) is 1. The Morgan fingerprint density at radius 3 is 2.08 bits per heavy atom. The summed E-state index contributed by atoms with van der Waals surface area (Å²) < 4.78 is 11.9. The van der Waals surface area contributed by atoms with Crippen LogP contribution in [-0.2, 0) is 9.47 Å². The molecule has 0 radical (unpaired) electrons. The molecule has 1 aliphatic rings. The van der Waals surface area contributed by atoms with Crippen molar-refractivity contribution in [2.45, 2.75) is 116 Å². The second kappa shape index (κ2) is 16.1. The Hall–Kier alpha value is -0.120. The maximum Gasteiger partial charge on any atom is 0.158 e. The Balaban J connectivity index is 1.82. The zero-order valence-corrected chi connectivity index (χ0v) is 17.4. The fraction of sp³-hybridized carbons (Fsp3) is 1.00. The van der Waals surface area contributed by atoms with Crippen molar-refractivity contribution in [3.8, 4) is 0 Å². The lowest BCUT2D eigenvalue weighted by Crippen LogP contribution is -2.16. The number of unbranched alkanes of at least 4 members (excludes halogenated alkanes) is 10. The van der Waals surface area contributed by atoms with E-state index in [0.29, 0.717) is 6.10 Å². The molecule has 0 aromatic rings. The van der Waals surface area contributed by atoms with Gasteiger partial charge in [-0.1, -0.05) is 64.7 Å². The Kier molecular flexibility index (Phi) is 14.7. The van der Waals surface area contributed by atoms with Gasteiger partial charge in [0.1, 0.15) is 0 Å². The van der Waals surface area contributed by atoms with Gasteiger partial charge in [-0.05, 0) is 52.7 Å². The topological polar surface area (TPSA) is 21.7 Å². The molecular formula is C22H45NO2. The number of rotatable bonds is 17. The molecule has 0 N–H and O–H groups in total. The van der Waals surface area contributed by atoms with Crippen LogP contribution in [0.3, 0.4) is 0 Å². The van der Waals surface area contributed by atoms with Crippen molar-refractivity contribution in [3.63, 3.8) is 0 Å². The van der Waals surface area contributed by atoms with Gasteiger partial charge >= 0.3 is 0 Å². The maximum absolute atomic E-state index is 6.02. The third-order valence-corrected chi connectivity index (χ3v) is 5.25. The Bertz CT molecular complexity index is 283. The van der Waals surface area contributed by atoms with E-state index in [1.165, 1.54) is 96.4 Å². The second-order valence-electron chi connectivity index (χ2n) is 8.12. The number of ether oxygens (including phenoxy) is 2. The molecule has 3 heteroatoms. The molecule has 2 atom stereocenters. The summed E-state index contributed by atoms with van der Waals surface area (Å²) in [5.74, 6) is 0. The summed E-state index contributed by atoms with van der Waals surface area (Å²) in [4.78, 5) is 2.26. The highest BCUT2D eigenvalue weighted by Crippen LogP contribution is 2.24. The Morgan fingerprint density at radius 1 is 0.800 bits per heavy atom. The zero-order chi connectivity index (χ0) is 18.2. The van der Waals surface area contributed by atoms with Gasteiger partial charge in [0.25, 0.3) is 0 Å². The fourth-order valence-corrected chi connectivity index (χ4v) is 3.61. The van der Waals surface area contributed by atoms with Crippen molar-refractivity contribution in [2.75, 3.05) is 27.2 Å². The first-order chi connectivity index (χ1) is 12.2. The molecule has 0 aromatic heterocycles. The molecule has 2 unspecified atom stereocenters. The third kappa shape index (κ3) is 13.7. The fourth-order valence-electron chi connectivity index (χ4n) is 3.61. The lowest BCUT2D eigenvalue weighted by Gasteiger charge is -2.15. The lowest BCUT2D eigenvalue weighted by molar-refractivity contribution is -0.135. The largest absolute Gasteiger partial charge is 0.353 e. The summed E-state index contributed by atoms with van der Waals surface area (Å²) in [6, 6.07) is 0. The quantitative estimate of drug-likeness (QED) is 0.292. The van der Waals surface area contributed by atoms with E-state index < -0.39 is 0 Å². The number of hydrogen-bond donors (Lipinski definition) is 0. The van der Waals surface area contributed by atoms with Crippen LogP contribution in [0, 0.1) is 0 Å². The van der Waals surface area contributed by atoms with Gasteiger partial charge in [-0.25, -0.2) is 0 Å². The normalized spacial score (nSPS) is 20.6. The molecule has 1 heterocycles. The van der Waals surface area contributed by atoms with E-state index in [4.69, 9.17) is 9.47 Å². The van der Waals surface area contributed by atoms with Crippen LogP contribution in [0.15, 0.2) is 0 Å². The molecular weight excluding hydrogens is 310 g/mol. The molecule has 1 rings (SSSR count). The van der Waals surface area contributed by atoms with Crippen molar-refractivity contribution in [1.29, 1.82) is 0 Å². The van der Waals surface area contributed by atoms with E-state index >= 15 is 0 Å². The van der Waals surface area contributed by atoms with E-state index in [9.17, 15) is 0 Å². The van der Waals surface area contributed by atoms with Crippen LogP contribution in [0.4, 0.5) is 0 Å². The van der Waals surface area contributed by atoms with Gasteiger partial charge in [-0.3, -0.25) is 0 Å². The molecule has 0 bridgehead atoms. The van der Waals surface area contributed by atoms with Crippen molar-refractivity contribution in [1.82, 2.24) is 4.90 Å². The predicted octanol–water partition coefficient (Wildman–Crippen LogP) is 6.16. The van der Waals surface area contributed by atoms with Crippen LogP contribution < -0.4 is 0 Å². The van der Waals surface area contributed by atoms with Gasteiger partial charge in [-0.15, -0.1) is 0 Å². The summed E-state index contributed by atoms with van der Waals surface area (Å²) in [7, 11) is 4.28. The van der Waals surface area contributed by atoms with Crippen LogP contribution in [0.2, 0.25) is 0 Å². The molecule has 3 nitrogen and oxygen atoms in total. The van der Waals surface area contributed by atoms with Crippen LogP contribution in [-0.4, -0.2) is 44.5 Å². The van der Waals surface area contributed by atoms with Crippen LogP contribution >= 0.6 is 0 Å². The summed E-state index contributed by atoms with van der Waals surface area (Å²) in [5.41, 5.74) is 0. The lowest BCUT2D eigenvalue weighted by atomic mass is 10.1. The molecule has 0 aliphatic carbocycles. The molecule has 1 saturated heterocycles. The Labute approximate surface area is 157 Å². The monoisotopic (exact) mass is 355 g/mol. The third-order valence-electron chi connectivity index (χ3n) is 5.25. The van der Waals surface area contributed by atoms with Gasteiger partial charge < -0.3 is 14.4 Å². The molecule has 0 saturated carbocycles. The first-order valence-corrected chi connectivity index (χ1v) is 11.1. The first-order valence-electron chi connectivity index (χ1n) is 11.1. The standard InChI is InChI=1S/C22H45NO2/c1-4-5-6-7-8-9-10-11-12-15-20-24-22-18-17-21(25-22)16-13-14-19-23(2)3/h21-22H,4-20H2,1-3H3. The van der Waals surface area contributed by atoms with Crippen molar-refractivity contribution in [3.05, 3.63) is 0 Å².